The molecule has 0 atom stereocenters. The maximum atomic E-state index is 12.7. The summed E-state index contributed by atoms with van der Waals surface area (Å²) in [5, 5.41) is 11.0. The molecular formula is C22H16N2O5S2. The van der Waals surface area contributed by atoms with Crippen molar-refractivity contribution in [2.24, 2.45) is 0 Å². The fourth-order valence-corrected chi connectivity index (χ4v) is 4.46. The monoisotopic (exact) mass is 452 g/mol. The van der Waals surface area contributed by atoms with E-state index in [1.54, 1.807) is 12.1 Å². The highest BCUT2D eigenvalue weighted by molar-refractivity contribution is 8.18. The van der Waals surface area contributed by atoms with Crippen LogP contribution >= 0.6 is 23.5 Å². The zero-order chi connectivity index (χ0) is 22.0. The van der Waals surface area contributed by atoms with E-state index in [-0.39, 0.29) is 17.1 Å². The first-order valence-corrected chi connectivity index (χ1v) is 10.9. The van der Waals surface area contributed by atoms with E-state index in [9.17, 15) is 19.7 Å². The molecule has 0 aliphatic carbocycles. The number of carbonyl (C=O) groups is 2. The number of hydrogen-bond acceptors (Lipinski definition) is 7. The van der Waals surface area contributed by atoms with Gasteiger partial charge in [-0.15, -0.1) is 0 Å². The summed E-state index contributed by atoms with van der Waals surface area (Å²) in [5.41, 5.74) is 1.76. The van der Waals surface area contributed by atoms with Gasteiger partial charge in [0.25, 0.3) is 16.8 Å². The minimum atomic E-state index is -0.499. The van der Waals surface area contributed by atoms with Gasteiger partial charge in [0.1, 0.15) is 5.76 Å². The van der Waals surface area contributed by atoms with Crippen molar-refractivity contribution in [3.63, 3.8) is 0 Å². The third-order valence-electron chi connectivity index (χ3n) is 4.48. The number of hydrogen-bond donors (Lipinski definition) is 0. The molecular weight excluding hydrogens is 436 g/mol. The maximum Gasteiger partial charge on any atom is 0.293 e. The number of nitro groups is 1. The van der Waals surface area contributed by atoms with Crippen LogP contribution in [-0.2, 0) is 11.3 Å². The summed E-state index contributed by atoms with van der Waals surface area (Å²) in [6.07, 6.45) is 1.56. The predicted molar refractivity (Wildman–Crippen MR) is 119 cm³/mol. The molecule has 2 amide bonds. The smallest absolute Gasteiger partial charge is 0.293 e. The molecule has 31 heavy (non-hydrogen) atoms. The molecule has 0 unspecified atom stereocenters. The molecule has 2 aromatic carbocycles. The summed E-state index contributed by atoms with van der Waals surface area (Å²) in [4.78, 5) is 37.7. The Morgan fingerprint density at radius 2 is 1.77 bits per heavy atom. The van der Waals surface area contributed by atoms with Crippen LogP contribution in [0.5, 0.6) is 0 Å². The lowest BCUT2D eigenvalue weighted by atomic mass is 10.2. The number of imide groups is 1. The second-order valence-electron chi connectivity index (χ2n) is 6.76. The fourth-order valence-electron chi connectivity index (χ4n) is 2.86. The molecule has 0 N–H and O–H groups in total. The molecule has 3 aromatic rings. The second-order valence-corrected chi connectivity index (χ2v) is 8.83. The van der Waals surface area contributed by atoms with E-state index in [0.717, 1.165) is 21.6 Å². The van der Waals surface area contributed by atoms with E-state index < -0.39 is 16.1 Å². The van der Waals surface area contributed by atoms with Gasteiger partial charge in [-0.2, -0.15) is 0 Å². The SMILES string of the molecule is Cc1ccc(Sc2ccc(C=C3SC(=O)N(Cc4ccc([N+](=O)[O-])cc4)C3=O)o2)cc1. The second kappa shape index (κ2) is 8.83. The third-order valence-corrected chi connectivity index (χ3v) is 6.31. The first-order chi connectivity index (χ1) is 14.9. The summed E-state index contributed by atoms with van der Waals surface area (Å²) in [7, 11) is 0. The van der Waals surface area contributed by atoms with Crippen molar-refractivity contribution in [2.45, 2.75) is 23.5 Å². The van der Waals surface area contributed by atoms with Gasteiger partial charge in [-0.1, -0.05) is 41.6 Å². The van der Waals surface area contributed by atoms with Gasteiger partial charge in [0.15, 0.2) is 5.09 Å². The molecule has 9 heteroatoms. The highest BCUT2D eigenvalue weighted by Crippen LogP contribution is 2.35. The number of carbonyl (C=O) groups excluding carboxylic acids is 2. The summed E-state index contributed by atoms with van der Waals surface area (Å²) in [5.74, 6) is 0.0629. The molecule has 1 aromatic heterocycles. The lowest BCUT2D eigenvalue weighted by Crippen LogP contribution is -2.27. The van der Waals surface area contributed by atoms with Crippen molar-refractivity contribution in [2.75, 3.05) is 0 Å². The van der Waals surface area contributed by atoms with Crippen LogP contribution in [-0.4, -0.2) is 21.0 Å². The first kappa shape index (κ1) is 21.0. The Labute approximate surface area is 186 Å². The normalized spacial score (nSPS) is 15.1. The quantitative estimate of drug-likeness (QED) is 0.262. The minimum Gasteiger partial charge on any atom is -0.450 e. The average molecular weight is 453 g/mol. The predicted octanol–water partition coefficient (Wildman–Crippen LogP) is 5.88. The highest BCUT2D eigenvalue weighted by Gasteiger charge is 2.35. The molecule has 1 saturated heterocycles. The Morgan fingerprint density at radius 1 is 1.06 bits per heavy atom. The van der Waals surface area contributed by atoms with Gasteiger partial charge in [-0.05, 0) is 48.5 Å². The van der Waals surface area contributed by atoms with Gasteiger partial charge in [0.05, 0.1) is 16.4 Å². The van der Waals surface area contributed by atoms with Crippen molar-refractivity contribution in [3.8, 4) is 0 Å². The van der Waals surface area contributed by atoms with Gasteiger partial charge in [0, 0.05) is 23.1 Å². The van der Waals surface area contributed by atoms with Crippen LogP contribution in [0, 0.1) is 17.0 Å². The van der Waals surface area contributed by atoms with Crippen molar-refractivity contribution in [3.05, 3.63) is 92.6 Å². The van der Waals surface area contributed by atoms with E-state index >= 15 is 0 Å². The Hall–Kier alpha value is -3.30. The number of amides is 2. The summed E-state index contributed by atoms with van der Waals surface area (Å²) >= 11 is 2.31. The molecule has 1 aliphatic heterocycles. The molecule has 2 heterocycles. The van der Waals surface area contributed by atoms with Crippen LogP contribution in [0.25, 0.3) is 6.08 Å². The topological polar surface area (TPSA) is 93.7 Å². The molecule has 0 saturated carbocycles. The molecule has 0 radical (unpaired) electrons. The Morgan fingerprint density at radius 3 is 2.45 bits per heavy atom. The van der Waals surface area contributed by atoms with E-state index in [2.05, 4.69) is 0 Å². The van der Waals surface area contributed by atoms with Crippen LogP contribution in [0.3, 0.4) is 0 Å². The largest absolute Gasteiger partial charge is 0.450 e. The zero-order valence-corrected chi connectivity index (χ0v) is 17.9. The Balaban J connectivity index is 1.45. The van der Waals surface area contributed by atoms with Gasteiger partial charge >= 0.3 is 0 Å². The molecule has 1 aliphatic rings. The lowest BCUT2D eigenvalue weighted by Gasteiger charge is -2.12. The summed E-state index contributed by atoms with van der Waals surface area (Å²) in [6.45, 7) is 2.07. The van der Waals surface area contributed by atoms with E-state index in [1.807, 2.05) is 37.3 Å². The highest BCUT2D eigenvalue weighted by atomic mass is 32.2. The number of non-ortho nitro benzene ring substituents is 1. The molecule has 4 rings (SSSR count). The first-order valence-electron chi connectivity index (χ1n) is 9.22. The number of nitro benzene ring substituents is 1. The summed E-state index contributed by atoms with van der Waals surface area (Å²) in [6, 6.07) is 17.4. The van der Waals surface area contributed by atoms with Crippen LogP contribution in [0.1, 0.15) is 16.9 Å². The van der Waals surface area contributed by atoms with Crippen molar-refractivity contribution in [1.82, 2.24) is 4.90 Å². The molecule has 0 bridgehead atoms. The number of thioether (sulfide) groups is 1. The number of aryl methyl sites for hydroxylation is 1. The van der Waals surface area contributed by atoms with Gasteiger partial charge in [0.2, 0.25) is 0 Å². The lowest BCUT2D eigenvalue weighted by molar-refractivity contribution is -0.384. The Bertz CT molecular complexity index is 1180. The van der Waals surface area contributed by atoms with Crippen molar-refractivity contribution in [1.29, 1.82) is 0 Å². The molecule has 156 valence electrons. The van der Waals surface area contributed by atoms with E-state index in [4.69, 9.17) is 4.42 Å². The van der Waals surface area contributed by atoms with Gasteiger partial charge < -0.3 is 4.42 Å². The standard InChI is InChI=1S/C22H16N2O5S2/c1-14-2-9-18(10-3-14)30-20-11-8-17(29-20)12-19-21(25)23(22(26)31-19)13-15-4-6-16(7-5-15)24(27)28/h2-12H,13H2,1H3. The number of rotatable bonds is 6. The molecule has 7 nitrogen and oxygen atoms in total. The van der Waals surface area contributed by atoms with Gasteiger partial charge in [-0.3, -0.25) is 24.6 Å². The Kier molecular flexibility index (Phi) is 5.97. The molecule has 1 fully saturated rings. The zero-order valence-electron chi connectivity index (χ0n) is 16.3. The van der Waals surface area contributed by atoms with Crippen LogP contribution in [0.2, 0.25) is 0 Å². The maximum absolute atomic E-state index is 12.7. The van der Waals surface area contributed by atoms with Crippen molar-refractivity contribution < 1.29 is 18.9 Å². The number of nitrogens with zero attached hydrogens (tertiary/aromatic N) is 2. The van der Waals surface area contributed by atoms with Crippen LogP contribution < -0.4 is 0 Å². The molecule has 0 spiro atoms. The minimum absolute atomic E-state index is 0.0464. The van der Waals surface area contributed by atoms with Crippen LogP contribution in [0.4, 0.5) is 10.5 Å². The van der Waals surface area contributed by atoms with E-state index in [1.165, 1.54) is 41.6 Å². The van der Waals surface area contributed by atoms with Crippen LogP contribution in [0.15, 0.2) is 80.0 Å². The third kappa shape index (κ3) is 4.89. The average Bonchev–Trinajstić information content (AvgIpc) is 3.29. The fraction of sp³-hybridized carbons (Fsp3) is 0.0909. The summed E-state index contributed by atoms with van der Waals surface area (Å²) < 4.78 is 5.78. The van der Waals surface area contributed by atoms with Crippen molar-refractivity contribution >= 4 is 46.4 Å². The van der Waals surface area contributed by atoms with Gasteiger partial charge in [-0.25, -0.2) is 0 Å². The number of benzene rings is 2. The van der Waals surface area contributed by atoms with E-state index in [0.29, 0.717) is 16.4 Å². The number of furan rings is 1.